The van der Waals surface area contributed by atoms with E-state index in [1.807, 2.05) is 19.9 Å². The number of aromatic amines is 1. The van der Waals surface area contributed by atoms with E-state index in [0.717, 1.165) is 25.0 Å². The van der Waals surface area contributed by atoms with Crippen LogP contribution in [0.1, 0.15) is 60.9 Å². The van der Waals surface area contributed by atoms with Crippen LogP contribution in [0.5, 0.6) is 0 Å². The Balaban J connectivity index is 0.00000320. The minimum absolute atomic E-state index is 0. The van der Waals surface area contributed by atoms with E-state index >= 15 is 0 Å². The number of hydrogen-bond acceptors (Lipinski definition) is 6. The molecule has 30 heavy (non-hydrogen) atoms. The summed E-state index contributed by atoms with van der Waals surface area (Å²) in [5.74, 6) is 0.403. The molecule has 11 nitrogen and oxygen atoms in total. The van der Waals surface area contributed by atoms with Crippen LogP contribution in [0.4, 0.5) is 10.6 Å². The average Bonchev–Trinajstić information content (AvgIpc) is 3.35. The third-order valence-electron chi connectivity index (χ3n) is 4.83. The lowest BCUT2D eigenvalue weighted by Gasteiger charge is -2.14. The minimum atomic E-state index is -0.382. The smallest absolute Gasteiger partial charge is 0.407 e. The molecule has 2 amide bonds. The number of alkyl carbamates (subject to hydrolysis) is 1. The summed E-state index contributed by atoms with van der Waals surface area (Å²) in [6.07, 6.45) is 2.06. The molecule has 0 bridgehead atoms. The molecule has 1 aliphatic rings. The van der Waals surface area contributed by atoms with Crippen molar-refractivity contribution in [3.05, 3.63) is 29.2 Å². The van der Waals surface area contributed by atoms with Crippen molar-refractivity contribution in [2.75, 3.05) is 12.4 Å². The molecule has 1 fully saturated rings. The molecular weight excluding hydrogens is 392 g/mol. The van der Waals surface area contributed by atoms with Gasteiger partial charge in [-0.15, -0.1) is 0 Å². The van der Waals surface area contributed by atoms with Gasteiger partial charge in [-0.05, 0) is 39.2 Å². The van der Waals surface area contributed by atoms with Gasteiger partial charge in [-0.1, -0.05) is 0 Å². The van der Waals surface area contributed by atoms with E-state index in [2.05, 4.69) is 25.9 Å². The number of carbonyl (C=O) groups is 2. The molecule has 0 saturated heterocycles. The van der Waals surface area contributed by atoms with Gasteiger partial charge in [0.05, 0.1) is 18.4 Å². The molecule has 2 heterocycles. The first kappa shape index (κ1) is 23.4. The molecule has 0 spiro atoms. The molecule has 1 saturated carbocycles. The predicted octanol–water partition coefficient (Wildman–Crippen LogP) is 1.49. The van der Waals surface area contributed by atoms with E-state index < -0.39 is 0 Å². The van der Waals surface area contributed by atoms with E-state index in [-0.39, 0.29) is 35.5 Å². The Kier molecular flexibility index (Phi) is 7.95. The summed E-state index contributed by atoms with van der Waals surface area (Å²) in [5, 5.41) is 17.1. The highest BCUT2D eigenvalue weighted by molar-refractivity contribution is 6.02. The molecule has 2 atom stereocenters. The monoisotopic (exact) mass is 422 g/mol. The van der Waals surface area contributed by atoms with Crippen molar-refractivity contribution in [3.63, 3.8) is 0 Å². The van der Waals surface area contributed by atoms with Gasteiger partial charge in [0.25, 0.3) is 5.91 Å². The quantitative estimate of drug-likeness (QED) is 0.614. The number of nitrogens with zero attached hydrogens (tertiary/aromatic N) is 3. The van der Waals surface area contributed by atoms with Gasteiger partial charge in [-0.3, -0.25) is 14.6 Å². The normalized spacial score (nSPS) is 18.2. The van der Waals surface area contributed by atoms with Crippen LogP contribution < -0.4 is 10.6 Å². The fourth-order valence-electron chi connectivity index (χ4n) is 3.56. The highest BCUT2D eigenvalue weighted by Crippen LogP contribution is 2.34. The summed E-state index contributed by atoms with van der Waals surface area (Å²) in [4.78, 5) is 24.3. The standard InChI is InChI=1S/C19H28N6O4.H2O/c1-11(2)29-19(27)20-13-6-5-12(7-13)15-9-17(23-22-15)21-18(26)16-8-14(10-28-4)24-25(16)3;/h8-9,11-13H,5-7,10H2,1-4H3,(H,20,27)(H2,21,22,23,26);1H2. The number of H-pyrrole nitrogens is 1. The first-order chi connectivity index (χ1) is 13.9. The fraction of sp³-hybridized carbons (Fsp3) is 0.579. The number of methoxy groups -OCH3 is 1. The zero-order valence-electron chi connectivity index (χ0n) is 17.7. The highest BCUT2D eigenvalue weighted by atomic mass is 16.6. The van der Waals surface area contributed by atoms with Crippen LogP contribution in [0.25, 0.3) is 0 Å². The SMILES string of the molecule is COCc1cc(C(=O)Nc2cc(C3CCC(NC(=O)OC(C)C)C3)[nH]n2)n(C)n1.O. The van der Waals surface area contributed by atoms with Crippen molar-refractivity contribution in [1.82, 2.24) is 25.3 Å². The Morgan fingerprint density at radius 1 is 1.33 bits per heavy atom. The molecule has 1 aliphatic carbocycles. The maximum Gasteiger partial charge on any atom is 0.407 e. The minimum Gasteiger partial charge on any atom is -0.447 e. The number of carbonyl (C=O) groups excluding carboxylic acids is 2. The lowest BCUT2D eigenvalue weighted by molar-refractivity contribution is 0.101. The van der Waals surface area contributed by atoms with Crippen molar-refractivity contribution in [2.24, 2.45) is 7.05 Å². The van der Waals surface area contributed by atoms with Crippen molar-refractivity contribution < 1.29 is 24.5 Å². The Labute approximate surface area is 174 Å². The maximum absolute atomic E-state index is 12.5. The summed E-state index contributed by atoms with van der Waals surface area (Å²) >= 11 is 0. The number of nitrogens with one attached hydrogen (secondary N) is 3. The maximum atomic E-state index is 12.5. The second kappa shape index (κ2) is 10.2. The number of hydrogen-bond donors (Lipinski definition) is 3. The molecule has 3 rings (SSSR count). The number of aromatic nitrogens is 4. The summed E-state index contributed by atoms with van der Waals surface area (Å²) < 4.78 is 11.7. The largest absolute Gasteiger partial charge is 0.447 e. The third-order valence-corrected chi connectivity index (χ3v) is 4.83. The number of ether oxygens (including phenoxy) is 2. The molecule has 0 radical (unpaired) electrons. The van der Waals surface area contributed by atoms with E-state index in [4.69, 9.17) is 9.47 Å². The van der Waals surface area contributed by atoms with Gasteiger partial charge in [0, 0.05) is 37.9 Å². The van der Waals surface area contributed by atoms with Gasteiger partial charge in [-0.25, -0.2) is 4.79 Å². The van der Waals surface area contributed by atoms with Gasteiger partial charge in [0.1, 0.15) is 5.69 Å². The molecular formula is C19H30N6O5. The van der Waals surface area contributed by atoms with E-state index in [1.165, 1.54) is 4.68 Å². The van der Waals surface area contributed by atoms with E-state index in [0.29, 0.717) is 23.8 Å². The molecule has 0 aromatic carbocycles. The van der Waals surface area contributed by atoms with Crippen LogP contribution in [0.15, 0.2) is 12.1 Å². The first-order valence-electron chi connectivity index (χ1n) is 9.71. The molecule has 0 aliphatic heterocycles. The van der Waals surface area contributed by atoms with Gasteiger partial charge in [0.15, 0.2) is 5.82 Å². The lowest BCUT2D eigenvalue weighted by atomic mass is 10.0. The molecule has 166 valence electrons. The lowest BCUT2D eigenvalue weighted by Crippen LogP contribution is -2.34. The molecule has 5 N–H and O–H groups in total. The summed E-state index contributed by atoms with van der Waals surface area (Å²) in [5.41, 5.74) is 2.05. The molecule has 11 heteroatoms. The van der Waals surface area contributed by atoms with Crippen molar-refractivity contribution in [2.45, 2.75) is 57.8 Å². The number of amides is 2. The summed E-state index contributed by atoms with van der Waals surface area (Å²) in [6, 6.07) is 3.60. The van der Waals surface area contributed by atoms with Crippen LogP contribution in [-0.4, -0.2) is 56.7 Å². The van der Waals surface area contributed by atoms with Crippen LogP contribution in [0, 0.1) is 0 Å². The second-order valence-corrected chi connectivity index (χ2v) is 7.55. The molecule has 2 unspecified atom stereocenters. The Bertz CT molecular complexity index is 861. The number of aryl methyl sites for hydroxylation is 1. The third kappa shape index (κ3) is 5.80. The number of anilines is 1. The predicted molar refractivity (Wildman–Crippen MR) is 109 cm³/mol. The zero-order chi connectivity index (χ0) is 21.0. The summed E-state index contributed by atoms with van der Waals surface area (Å²) in [6.45, 7) is 3.98. The van der Waals surface area contributed by atoms with Crippen molar-refractivity contribution in [1.29, 1.82) is 0 Å². The van der Waals surface area contributed by atoms with Crippen LogP contribution in [-0.2, 0) is 23.1 Å². The van der Waals surface area contributed by atoms with E-state index in [1.54, 1.807) is 20.2 Å². The van der Waals surface area contributed by atoms with Gasteiger partial charge >= 0.3 is 6.09 Å². The zero-order valence-corrected chi connectivity index (χ0v) is 17.7. The molecule has 2 aromatic rings. The van der Waals surface area contributed by atoms with Crippen molar-refractivity contribution in [3.8, 4) is 0 Å². The van der Waals surface area contributed by atoms with Crippen molar-refractivity contribution >= 4 is 17.8 Å². The van der Waals surface area contributed by atoms with Crippen LogP contribution >= 0.6 is 0 Å². The Morgan fingerprint density at radius 2 is 2.10 bits per heavy atom. The first-order valence-corrected chi connectivity index (χ1v) is 9.71. The van der Waals surface area contributed by atoms with Gasteiger partial charge < -0.3 is 25.6 Å². The van der Waals surface area contributed by atoms with Gasteiger partial charge in [0.2, 0.25) is 0 Å². The Hall–Kier alpha value is -2.92. The average molecular weight is 422 g/mol. The Morgan fingerprint density at radius 3 is 2.80 bits per heavy atom. The van der Waals surface area contributed by atoms with Gasteiger partial charge in [-0.2, -0.15) is 10.2 Å². The topological polar surface area (TPSA) is 155 Å². The second-order valence-electron chi connectivity index (χ2n) is 7.55. The molecule has 2 aromatic heterocycles. The highest BCUT2D eigenvalue weighted by Gasteiger charge is 2.29. The summed E-state index contributed by atoms with van der Waals surface area (Å²) in [7, 11) is 3.29. The van der Waals surface area contributed by atoms with Crippen LogP contribution in [0.3, 0.4) is 0 Å². The fourth-order valence-corrected chi connectivity index (χ4v) is 3.56. The van der Waals surface area contributed by atoms with E-state index in [9.17, 15) is 9.59 Å². The van der Waals surface area contributed by atoms with Crippen LogP contribution in [0.2, 0.25) is 0 Å². The number of rotatable bonds is 7.